The van der Waals surface area contributed by atoms with Gasteiger partial charge in [-0.05, 0) is 42.7 Å². The van der Waals surface area contributed by atoms with Gasteiger partial charge in [-0.15, -0.1) is 0 Å². The molecular formula is C18H22N2O5S. The molecule has 0 spiro atoms. The lowest BCUT2D eigenvalue weighted by molar-refractivity contribution is -0.123. The summed E-state index contributed by atoms with van der Waals surface area (Å²) in [7, 11) is -2.13. The second kappa shape index (κ2) is 9.21. The highest BCUT2D eigenvalue weighted by Crippen LogP contribution is 2.25. The molecule has 3 N–H and O–H groups in total. The minimum atomic E-state index is -3.67. The molecule has 0 radical (unpaired) electrons. The molecule has 2 aromatic rings. The molecule has 0 saturated heterocycles. The predicted octanol–water partition coefficient (Wildman–Crippen LogP) is 1.47. The molecule has 0 saturated carbocycles. The Balaban J connectivity index is 1.70. The fraction of sp³-hybridized carbons (Fsp3) is 0.278. The van der Waals surface area contributed by atoms with Crippen LogP contribution in [0.1, 0.15) is 12.0 Å². The van der Waals surface area contributed by atoms with E-state index in [0.717, 1.165) is 12.0 Å². The number of rotatable bonds is 9. The predicted molar refractivity (Wildman–Crippen MR) is 97.6 cm³/mol. The first-order chi connectivity index (χ1) is 12.4. The zero-order valence-corrected chi connectivity index (χ0v) is 15.3. The lowest BCUT2D eigenvalue weighted by Gasteiger charge is -2.10. The maximum absolute atomic E-state index is 11.8. The molecule has 2 rings (SSSR count). The molecule has 0 aliphatic carbocycles. The van der Waals surface area contributed by atoms with Gasteiger partial charge in [-0.25, -0.2) is 13.6 Å². The lowest BCUT2D eigenvalue weighted by atomic mass is 10.1. The number of hydrogen-bond acceptors (Lipinski definition) is 5. The molecule has 0 aliphatic rings. The second-order valence-corrected chi connectivity index (χ2v) is 7.14. The fourth-order valence-corrected chi connectivity index (χ4v) is 2.81. The molecule has 0 unspecified atom stereocenters. The van der Waals surface area contributed by atoms with Crippen molar-refractivity contribution < 1.29 is 22.7 Å². The normalized spacial score (nSPS) is 11.0. The van der Waals surface area contributed by atoms with Gasteiger partial charge in [-0.2, -0.15) is 0 Å². The van der Waals surface area contributed by atoms with Gasteiger partial charge in [0.25, 0.3) is 5.91 Å². The van der Waals surface area contributed by atoms with Crippen molar-refractivity contribution in [3.63, 3.8) is 0 Å². The second-order valence-electron chi connectivity index (χ2n) is 5.58. The number of sulfonamides is 1. The van der Waals surface area contributed by atoms with Crippen molar-refractivity contribution in [1.82, 2.24) is 5.32 Å². The lowest BCUT2D eigenvalue weighted by Crippen LogP contribution is -2.30. The van der Waals surface area contributed by atoms with Crippen molar-refractivity contribution in [3.05, 3.63) is 54.1 Å². The van der Waals surface area contributed by atoms with Crippen LogP contribution in [0.15, 0.2) is 53.4 Å². The number of carbonyl (C=O) groups excluding carboxylic acids is 1. The topological polar surface area (TPSA) is 108 Å². The van der Waals surface area contributed by atoms with Gasteiger partial charge < -0.3 is 14.8 Å². The molecule has 0 aliphatic heterocycles. The van der Waals surface area contributed by atoms with Crippen molar-refractivity contribution in [3.8, 4) is 11.5 Å². The highest BCUT2D eigenvalue weighted by atomic mass is 32.2. The maximum Gasteiger partial charge on any atom is 0.257 e. The average Bonchev–Trinajstić information content (AvgIpc) is 2.63. The SMILES string of the molecule is COc1ccccc1OCC(=O)NCCCc1ccc(S(N)(=O)=O)cc1. The molecular weight excluding hydrogens is 356 g/mol. The van der Waals surface area contributed by atoms with Gasteiger partial charge in [0.05, 0.1) is 12.0 Å². The van der Waals surface area contributed by atoms with E-state index in [9.17, 15) is 13.2 Å². The van der Waals surface area contributed by atoms with Gasteiger partial charge in [0.1, 0.15) is 0 Å². The summed E-state index contributed by atoms with van der Waals surface area (Å²) < 4.78 is 33.0. The number of amides is 1. The number of benzene rings is 2. The molecule has 0 heterocycles. The average molecular weight is 378 g/mol. The fourth-order valence-electron chi connectivity index (χ4n) is 2.30. The van der Waals surface area contributed by atoms with Crippen LogP contribution in [0.4, 0.5) is 0 Å². The molecule has 0 aromatic heterocycles. The summed E-state index contributed by atoms with van der Waals surface area (Å²) in [6.45, 7) is 0.397. The molecule has 26 heavy (non-hydrogen) atoms. The third-order valence-corrected chi connectivity index (χ3v) is 4.57. The van der Waals surface area contributed by atoms with E-state index in [0.29, 0.717) is 24.5 Å². The Morgan fingerprint density at radius 3 is 2.35 bits per heavy atom. The first kappa shape index (κ1) is 19.7. The van der Waals surface area contributed by atoms with Crippen LogP contribution in [0.3, 0.4) is 0 Å². The number of methoxy groups -OCH3 is 1. The first-order valence-corrected chi connectivity index (χ1v) is 9.59. The van der Waals surface area contributed by atoms with Crippen LogP contribution in [0, 0.1) is 0 Å². The van der Waals surface area contributed by atoms with Crippen molar-refractivity contribution in [2.45, 2.75) is 17.7 Å². The van der Waals surface area contributed by atoms with E-state index in [2.05, 4.69) is 5.32 Å². The number of nitrogens with two attached hydrogens (primary N) is 1. The van der Waals surface area contributed by atoms with E-state index in [-0.39, 0.29) is 17.4 Å². The summed E-state index contributed by atoms with van der Waals surface area (Å²) in [5.74, 6) is 0.865. The standard InChI is InChI=1S/C18H22N2O5S/c1-24-16-6-2-3-7-17(16)25-13-18(21)20-12-4-5-14-8-10-15(11-9-14)26(19,22)23/h2-3,6-11H,4-5,12-13H2,1H3,(H,20,21)(H2,19,22,23). The van der Waals surface area contributed by atoms with Gasteiger partial charge in [0.2, 0.25) is 10.0 Å². The first-order valence-electron chi connectivity index (χ1n) is 8.04. The molecule has 0 bridgehead atoms. The molecule has 1 amide bonds. The summed E-state index contributed by atoms with van der Waals surface area (Å²) in [6, 6.07) is 13.5. The van der Waals surface area contributed by atoms with Crippen molar-refractivity contribution in [2.75, 3.05) is 20.3 Å². The van der Waals surface area contributed by atoms with Gasteiger partial charge in [-0.1, -0.05) is 24.3 Å². The molecule has 0 atom stereocenters. The zero-order valence-electron chi connectivity index (χ0n) is 14.5. The van der Waals surface area contributed by atoms with Crippen LogP contribution in [-0.2, 0) is 21.2 Å². The van der Waals surface area contributed by atoms with E-state index in [1.165, 1.54) is 19.2 Å². The number of aryl methyl sites for hydroxylation is 1. The third-order valence-electron chi connectivity index (χ3n) is 3.64. The maximum atomic E-state index is 11.8. The minimum absolute atomic E-state index is 0.0861. The van der Waals surface area contributed by atoms with Crippen LogP contribution >= 0.6 is 0 Å². The summed E-state index contributed by atoms with van der Waals surface area (Å²) in [6.07, 6.45) is 1.42. The van der Waals surface area contributed by atoms with Crippen LogP contribution in [0.2, 0.25) is 0 Å². The Morgan fingerprint density at radius 1 is 1.08 bits per heavy atom. The highest BCUT2D eigenvalue weighted by molar-refractivity contribution is 7.89. The summed E-state index contributed by atoms with van der Waals surface area (Å²) in [5, 5.41) is 7.83. The van der Waals surface area contributed by atoms with Crippen LogP contribution < -0.4 is 19.9 Å². The van der Waals surface area contributed by atoms with Crippen molar-refractivity contribution in [2.24, 2.45) is 5.14 Å². The van der Waals surface area contributed by atoms with E-state index in [4.69, 9.17) is 14.6 Å². The quantitative estimate of drug-likeness (QED) is 0.643. The molecule has 8 heteroatoms. The van der Waals surface area contributed by atoms with Gasteiger partial charge in [0.15, 0.2) is 18.1 Å². The minimum Gasteiger partial charge on any atom is -0.493 e. The number of primary sulfonamides is 1. The Morgan fingerprint density at radius 2 is 1.73 bits per heavy atom. The smallest absolute Gasteiger partial charge is 0.257 e. The van der Waals surface area contributed by atoms with E-state index >= 15 is 0 Å². The van der Waals surface area contributed by atoms with Crippen LogP contribution in [0.5, 0.6) is 11.5 Å². The summed E-state index contributed by atoms with van der Waals surface area (Å²) >= 11 is 0. The Kier molecular flexibility index (Phi) is 6.99. The van der Waals surface area contributed by atoms with E-state index in [1.54, 1.807) is 30.3 Å². The largest absolute Gasteiger partial charge is 0.493 e. The van der Waals surface area contributed by atoms with Gasteiger partial charge >= 0.3 is 0 Å². The van der Waals surface area contributed by atoms with Crippen molar-refractivity contribution in [1.29, 1.82) is 0 Å². The van der Waals surface area contributed by atoms with Crippen LogP contribution in [0.25, 0.3) is 0 Å². The van der Waals surface area contributed by atoms with Gasteiger partial charge in [-0.3, -0.25) is 4.79 Å². The number of nitrogens with one attached hydrogen (secondary N) is 1. The Labute approximate surface area is 153 Å². The number of ether oxygens (including phenoxy) is 2. The number of hydrogen-bond donors (Lipinski definition) is 2. The van der Waals surface area contributed by atoms with E-state index in [1.807, 2.05) is 6.07 Å². The molecule has 140 valence electrons. The Hall–Kier alpha value is -2.58. The number of carbonyl (C=O) groups is 1. The molecule has 7 nitrogen and oxygen atoms in total. The zero-order chi connectivity index (χ0) is 19.0. The highest BCUT2D eigenvalue weighted by Gasteiger charge is 2.08. The van der Waals surface area contributed by atoms with Crippen LogP contribution in [-0.4, -0.2) is 34.6 Å². The summed E-state index contributed by atoms with van der Waals surface area (Å²) in [5.41, 5.74) is 0.969. The monoisotopic (exact) mass is 378 g/mol. The number of para-hydroxylation sites is 2. The van der Waals surface area contributed by atoms with Crippen molar-refractivity contribution >= 4 is 15.9 Å². The summed E-state index contributed by atoms with van der Waals surface area (Å²) in [4.78, 5) is 11.9. The molecule has 0 fully saturated rings. The molecule has 2 aromatic carbocycles. The Bertz CT molecular complexity index is 835. The third kappa shape index (κ3) is 6.05. The van der Waals surface area contributed by atoms with E-state index < -0.39 is 10.0 Å². The van der Waals surface area contributed by atoms with Gasteiger partial charge in [0, 0.05) is 6.54 Å².